The van der Waals surface area contributed by atoms with Gasteiger partial charge in [-0.25, -0.2) is 9.97 Å². The van der Waals surface area contributed by atoms with Gasteiger partial charge in [0, 0.05) is 33.8 Å². The summed E-state index contributed by atoms with van der Waals surface area (Å²) in [5.74, 6) is 2.37. The summed E-state index contributed by atoms with van der Waals surface area (Å²) in [6.45, 7) is 0. The van der Waals surface area contributed by atoms with Crippen LogP contribution in [0.25, 0.3) is 55.8 Å². The molecule has 4 nitrogen and oxygen atoms in total. The number of ether oxygens (including phenoxy) is 1. The molecule has 0 bridgehead atoms. The van der Waals surface area contributed by atoms with Crippen molar-refractivity contribution in [3.05, 3.63) is 223 Å². The lowest BCUT2D eigenvalue weighted by atomic mass is 9.65. The Morgan fingerprint density at radius 1 is 0.426 bits per heavy atom. The molecule has 4 heteroatoms. The fourth-order valence-electron chi connectivity index (χ4n) is 8.02. The van der Waals surface area contributed by atoms with Crippen LogP contribution in [0.4, 0.5) is 0 Å². The second kappa shape index (κ2) is 13.1. The lowest BCUT2D eigenvalue weighted by molar-refractivity contribution is 0.432. The van der Waals surface area contributed by atoms with E-state index >= 15 is 0 Å². The predicted molar refractivity (Wildman–Crippen MR) is 217 cm³/mol. The molecule has 0 saturated carbocycles. The summed E-state index contributed by atoms with van der Waals surface area (Å²) in [6, 6.07) is 67.6. The average molecular weight is 692 g/mol. The third-order valence-electron chi connectivity index (χ3n) is 10.5. The number of fused-ring (bicyclic) bond motifs is 3. The Hall–Kier alpha value is -7.17. The Labute approximate surface area is 314 Å². The highest BCUT2D eigenvalue weighted by molar-refractivity contribution is 5.94. The van der Waals surface area contributed by atoms with E-state index in [1.54, 1.807) is 0 Å². The van der Waals surface area contributed by atoms with E-state index in [1.165, 1.54) is 0 Å². The first-order chi connectivity index (χ1) is 26.8. The maximum absolute atomic E-state index is 6.67. The van der Waals surface area contributed by atoms with Gasteiger partial charge in [-0.1, -0.05) is 158 Å². The van der Waals surface area contributed by atoms with E-state index in [2.05, 4.69) is 152 Å². The van der Waals surface area contributed by atoms with E-state index in [1.807, 2.05) is 48.7 Å². The molecule has 9 aromatic rings. The van der Waals surface area contributed by atoms with Crippen molar-refractivity contribution < 1.29 is 4.74 Å². The molecule has 0 spiro atoms. The lowest BCUT2D eigenvalue weighted by Gasteiger charge is -2.40. The van der Waals surface area contributed by atoms with Crippen molar-refractivity contribution in [2.24, 2.45) is 0 Å². The molecule has 10 rings (SSSR count). The summed E-state index contributed by atoms with van der Waals surface area (Å²) < 4.78 is 6.67. The van der Waals surface area contributed by atoms with E-state index in [0.29, 0.717) is 0 Å². The van der Waals surface area contributed by atoms with E-state index in [-0.39, 0.29) is 0 Å². The minimum absolute atomic E-state index is 0.696. The average Bonchev–Trinajstić information content (AvgIpc) is 3.26. The first-order valence-electron chi connectivity index (χ1n) is 18.2. The smallest absolute Gasteiger partial charge is 0.160 e. The van der Waals surface area contributed by atoms with Gasteiger partial charge >= 0.3 is 0 Å². The Kier molecular flexibility index (Phi) is 7.66. The van der Waals surface area contributed by atoms with Crippen molar-refractivity contribution in [2.45, 2.75) is 5.41 Å². The van der Waals surface area contributed by atoms with Gasteiger partial charge in [-0.3, -0.25) is 4.98 Å². The standard InChI is InChI=1S/C50H33N3O/c1-3-15-36(16-4-1)49-52-44-23-11-9-21-41(44)48(53-49)35-28-26-34(27-29-35)39-19-7-8-20-40(39)37-30-31-46-43(33-37)50(38-17-5-2-6-18-38,47-25-13-14-32-51-47)42-22-10-12-24-45(42)54-46/h1-33H. The fraction of sp³-hybridized carbons (Fsp3) is 0.0200. The van der Waals surface area contributed by atoms with Crippen LogP contribution in [0, 0.1) is 0 Å². The fourth-order valence-corrected chi connectivity index (χ4v) is 8.02. The zero-order chi connectivity index (χ0) is 35.9. The largest absolute Gasteiger partial charge is 0.457 e. The summed E-state index contributed by atoms with van der Waals surface area (Å²) in [5.41, 5.74) is 11.9. The SMILES string of the molecule is c1ccc(-c2nc(-c3ccc(-c4ccccc4-c4ccc5c(c4)C(c4ccccc4)(c4ccccn4)c4ccccc4O5)cc3)c3ccccc3n2)cc1. The van der Waals surface area contributed by atoms with Gasteiger partial charge in [0.15, 0.2) is 5.82 Å². The molecular formula is C50H33N3O. The highest BCUT2D eigenvalue weighted by Gasteiger charge is 2.46. The molecule has 54 heavy (non-hydrogen) atoms. The number of hydrogen-bond acceptors (Lipinski definition) is 4. The minimum Gasteiger partial charge on any atom is -0.457 e. The number of pyridine rings is 1. The minimum atomic E-state index is -0.696. The Bertz CT molecular complexity index is 2740. The van der Waals surface area contributed by atoms with Crippen LogP contribution < -0.4 is 4.74 Å². The van der Waals surface area contributed by atoms with Crippen molar-refractivity contribution in [3.63, 3.8) is 0 Å². The van der Waals surface area contributed by atoms with Gasteiger partial charge in [0.1, 0.15) is 11.5 Å². The topological polar surface area (TPSA) is 47.9 Å². The van der Waals surface area contributed by atoms with E-state index in [0.717, 1.165) is 89.7 Å². The number of hydrogen-bond donors (Lipinski definition) is 0. The molecule has 0 N–H and O–H groups in total. The van der Waals surface area contributed by atoms with Crippen LogP contribution in [-0.4, -0.2) is 15.0 Å². The molecule has 3 heterocycles. The molecule has 1 aliphatic rings. The van der Waals surface area contributed by atoms with Gasteiger partial charge in [0.25, 0.3) is 0 Å². The van der Waals surface area contributed by atoms with Crippen molar-refractivity contribution in [3.8, 4) is 56.4 Å². The maximum atomic E-state index is 6.67. The molecule has 0 saturated heterocycles. The Balaban J connectivity index is 1.11. The first kappa shape index (κ1) is 31.6. The molecule has 0 aliphatic carbocycles. The second-order valence-electron chi connectivity index (χ2n) is 13.5. The van der Waals surface area contributed by atoms with Crippen molar-refractivity contribution in [1.82, 2.24) is 15.0 Å². The molecular weight excluding hydrogens is 659 g/mol. The van der Waals surface area contributed by atoms with Crippen molar-refractivity contribution in [1.29, 1.82) is 0 Å². The highest BCUT2D eigenvalue weighted by Crippen LogP contribution is 2.55. The monoisotopic (exact) mass is 691 g/mol. The van der Waals surface area contributed by atoms with Crippen molar-refractivity contribution in [2.75, 3.05) is 0 Å². The van der Waals surface area contributed by atoms with Crippen LogP contribution in [-0.2, 0) is 5.41 Å². The first-order valence-corrected chi connectivity index (χ1v) is 18.2. The van der Waals surface area contributed by atoms with Gasteiger partial charge in [-0.05, 0) is 64.2 Å². The van der Waals surface area contributed by atoms with Crippen LogP contribution in [0.15, 0.2) is 200 Å². The lowest BCUT2D eigenvalue weighted by Crippen LogP contribution is -2.35. The molecule has 0 amide bonds. The van der Waals surface area contributed by atoms with Crippen molar-refractivity contribution >= 4 is 10.9 Å². The Morgan fingerprint density at radius 3 is 1.85 bits per heavy atom. The van der Waals surface area contributed by atoms with Crippen LogP contribution in [0.3, 0.4) is 0 Å². The third-order valence-corrected chi connectivity index (χ3v) is 10.5. The number of para-hydroxylation sites is 2. The number of benzene rings is 7. The van der Waals surface area contributed by atoms with Crippen LogP contribution in [0.2, 0.25) is 0 Å². The quantitative estimate of drug-likeness (QED) is 0.174. The maximum Gasteiger partial charge on any atom is 0.160 e. The molecule has 254 valence electrons. The summed E-state index contributed by atoms with van der Waals surface area (Å²) in [6.07, 6.45) is 1.88. The molecule has 2 aromatic heterocycles. The summed E-state index contributed by atoms with van der Waals surface area (Å²) in [4.78, 5) is 15.0. The van der Waals surface area contributed by atoms with E-state index in [4.69, 9.17) is 19.7 Å². The molecule has 1 unspecified atom stereocenters. The molecule has 0 fully saturated rings. The van der Waals surface area contributed by atoms with Gasteiger partial charge in [-0.2, -0.15) is 0 Å². The summed E-state index contributed by atoms with van der Waals surface area (Å²) in [7, 11) is 0. The van der Waals surface area contributed by atoms with E-state index in [9.17, 15) is 0 Å². The van der Waals surface area contributed by atoms with Gasteiger partial charge in [-0.15, -0.1) is 0 Å². The van der Waals surface area contributed by atoms with Gasteiger partial charge < -0.3 is 4.74 Å². The molecule has 1 aliphatic heterocycles. The zero-order valence-corrected chi connectivity index (χ0v) is 29.3. The zero-order valence-electron chi connectivity index (χ0n) is 29.3. The molecule has 7 aromatic carbocycles. The molecule has 1 atom stereocenters. The number of aromatic nitrogens is 3. The van der Waals surface area contributed by atoms with Crippen LogP contribution in [0.1, 0.15) is 22.4 Å². The Morgan fingerprint density at radius 2 is 1.06 bits per heavy atom. The van der Waals surface area contributed by atoms with Crippen LogP contribution in [0.5, 0.6) is 11.5 Å². The molecule has 0 radical (unpaired) electrons. The van der Waals surface area contributed by atoms with E-state index < -0.39 is 5.41 Å². The highest BCUT2D eigenvalue weighted by atomic mass is 16.5. The number of rotatable bonds is 6. The van der Waals surface area contributed by atoms with Crippen LogP contribution >= 0.6 is 0 Å². The predicted octanol–water partition coefficient (Wildman–Crippen LogP) is 12.2. The second-order valence-corrected chi connectivity index (χ2v) is 13.5. The third kappa shape index (κ3) is 5.19. The summed E-state index contributed by atoms with van der Waals surface area (Å²) >= 11 is 0. The van der Waals surface area contributed by atoms with Gasteiger partial charge in [0.05, 0.1) is 22.3 Å². The number of nitrogens with zero attached hydrogens (tertiary/aromatic N) is 3. The van der Waals surface area contributed by atoms with Gasteiger partial charge in [0.2, 0.25) is 0 Å². The summed E-state index contributed by atoms with van der Waals surface area (Å²) in [5, 5.41) is 1.03. The normalized spacial score (nSPS) is 14.5.